The minimum atomic E-state index is -0.286. The van der Waals surface area contributed by atoms with Crippen LogP contribution < -0.4 is 16.2 Å². The fourth-order valence-electron chi connectivity index (χ4n) is 4.38. The van der Waals surface area contributed by atoms with Gasteiger partial charge in [0.05, 0.1) is 6.10 Å². The number of pyridine rings is 1. The highest BCUT2D eigenvalue weighted by atomic mass is 16.3. The molecule has 1 aromatic heterocycles. The molecule has 1 atom stereocenters. The number of carbonyl (C=O) groups excluding carboxylic acids is 1. The third kappa shape index (κ3) is 3.86. The third-order valence-electron chi connectivity index (χ3n) is 6.03. The SMILES string of the molecule is CC(C)c1ccc(C(=O)N[C@H](C2CCNCC2)C2CC(O)C2)c(=O)n1C. The average Bonchev–Trinajstić information content (AvgIpc) is 2.59. The highest BCUT2D eigenvalue weighted by molar-refractivity contribution is 5.94. The number of hydrogen-bond donors (Lipinski definition) is 3. The second-order valence-electron chi connectivity index (χ2n) is 8.16. The molecular weight excluding hydrogens is 330 g/mol. The quantitative estimate of drug-likeness (QED) is 0.740. The number of aromatic nitrogens is 1. The molecule has 1 saturated heterocycles. The van der Waals surface area contributed by atoms with Crippen molar-refractivity contribution in [1.82, 2.24) is 15.2 Å². The summed E-state index contributed by atoms with van der Waals surface area (Å²) in [5.41, 5.74) is 0.880. The van der Waals surface area contributed by atoms with Crippen LogP contribution in [0, 0.1) is 11.8 Å². The number of rotatable bonds is 5. The van der Waals surface area contributed by atoms with E-state index < -0.39 is 0 Å². The van der Waals surface area contributed by atoms with Crippen molar-refractivity contribution in [2.45, 2.75) is 57.6 Å². The van der Waals surface area contributed by atoms with E-state index in [1.54, 1.807) is 17.7 Å². The van der Waals surface area contributed by atoms with Gasteiger partial charge in [-0.25, -0.2) is 0 Å². The van der Waals surface area contributed by atoms with E-state index in [1.807, 2.05) is 19.9 Å². The lowest BCUT2D eigenvalue weighted by molar-refractivity contribution is 0.00916. The Morgan fingerprint density at radius 3 is 2.46 bits per heavy atom. The van der Waals surface area contributed by atoms with Crippen LogP contribution in [0.1, 0.15) is 61.5 Å². The molecule has 2 aliphatic rings. The zero-order valence-corrected chi connectivity index (χ0v) is 16.0. The number of nitrogens with zero attached hydrogens (tertiary/aromatic N) is 1. The molecule has 0 radical (unpaired) electrons. The molecule has 1 aliphatic carbocycles. The molecule has 6 nitrogen and oxygen atoms in total. The highest BCUT2D eigenvalue weighted by Gasteiger charge is 2.39. The Balaban J connectivity index is 1.79. The average molecular weight is 361 g/mol. The van der Waals surface area contributed by atoms with E-state index in [1.165, 1.54) is 0 Å². The minimum Gasteiger partial charge on any atom is -0.393 e. The van der Waals surface area contributed by atoms with Crippen LogP contribution in [0.5, 0.6) is 0 Å². The van der Waals surface area contributed by atoms with Gasteiger partial charge in [0.15, 0.2) is 0 Å². The topological polar surface area (TPSA) is 83.4 Å². The first kappa shape index (κ1) is 19.1. The minimum absolute atomic E-state index is 0.0301. The molecule has 6 heteroatoms. The number of nitrogens with one attached hydrogen (secondary N) is 2. The maximum Gasteiger partial charge on any atom is 0.263 e. The summed E-state index contributed by atoms with van der Waals surface area (Å²) >= 11 is 0. The molecule has 1 saturated carbocycles. The molecule has 26 heavy (non-hydrogen) atoms. The van der Waals surface area contributed by atoms with Gasteiger partial charge < -0.3 is 20.3 Å². The van der Waals surface area contributed by atoms with E-state index >= 15 is 0 Å². The molecule has 0 unspecified atom stereocenters. The molecule has 0 bridgehead atoms. The lowest BCUT2D eigenvalue weighted by Gasteiger charge is -2.43. The monoisotopic (exact) mass is 361 g/mol. The Morgan fingerprint density at radius 1 is 1.23 bits per heavy atom. The van der Waals surface area contributed by atoms with Crippen molar-refractivity contribution in [1.29, 1.82) is 0 Å². The van der Waals surface area contributed by atoms with Gasteiger partial charge in [-0.05, 0) is 68.7 Å². The van der Waals surface area contributed by atoms with Gasteiger partial charge in [-0.1, -0.05) is 13.8 Å². The summed E-state index contributed by atoms with van der Waals surface area (Å²) in [6, 6.07) is 3.55. The van der Waals surface area contributed by atoms with Crippen molar-refractivity contribution in [2.75, 3.05) is 13.1 Å². The zero-order valence-electron chi connectivity index (χ0n) is 16.0. The fraction of sp³-hybridized carbons (Fsp3) is 0.700. The molecule has 1 aromatic rings. The second-order valence-corrected chi connectivity index (χ2v) is 8.16. The van der Waals surface area contributed by atoms with Crippen LogP contribution in [0.25, 0.3) is 0 Å². The molecule has 1 aliphatic heterocycles. The van der Waals surface area contributed by atoms with Gasteiger partial charge in [-0.3, -0.25) is 9.59 Å². The summed E-state index contributed by atoms with van der Waals surface area (Å²) in [6.45, 7) is 5.97. The van der Waals surface area contributed by atoms with Crippen LogP contribution in [0.3, 0.4) is 0 Å². The smallest absolute Gasteiger partial charge is 0.263 e. The van der Waals surface area contributed by atoms with Gasteiger partial charge in [0.2, 0.25) is 0 Å². The number of piperidine rings is 1. The molecule has 2 heterocycles. The van der Waals surface area contributed by atoms with E-state index in [0.29, 0.717) is 11.8 Å². The first-order chi connectivity index (χ1) is 12.4. The Labute approximate surface area is 155 Å². The molecule has 144 valence electrons. The largest absolute Gasteiger partial charge is 0.393 e. The van der Waals surface area contributed by atoms with E-state index in [9.17, 15) is 14.7 Å². The highest BCUT2D eigenvalue weighted by Crippen LogP contribution is 2.35. The van der Waals surface area contributed by atoms with Crippen molar-refractivity contribution < 1.29 is 9.90 Å². The molecule has 0 aromatic carbocycles. The Hall–Kier alpha value is -1.66. The van der Waals surface area contributed by atoms with Gasteiger partial charge in [-0.15, -0.1) is 0 Å². The fourth-order valence-corrected chi connectivity index (χ4v) is 4.38. The van der Waals surface area contributed by atoms with Crippen molar-refractivity contribution in [2.24, 2.45) is 18.9 Å². The lowest BCUT2D eigenvalue weighted by atomic mass is 9.71. The summed E-state index contributed by atoms with van der Waals surface area (Å²) in [6.07, 6.45) is 3.25. The van der Waals surface area contributed by atoms with Crippen molar-refractivity contribution in [3.8, 4) is 0 Å². The Kier molecular flexibility index (Phi) is 5.82. The lowest BCUT2D eigenvalue weighted by Crippen LogP contribution is -2.53. The number of aliphatic hydroxyl groups is 1. The number of carbonyl (C=O) groups is 1. The summed E-state index contributed by atoms with van der Waals surface area (Å²) in [5, 5.41) is 16.2. The molecule has 1 amide bonds. The Bertz CT molecular complexity index is 701. The van der Waals surface area contributed by atoms with Crippen LogP contribution >= 0.6 is 0 Å². The van der Waals surface area contributed by atoms with E-state index in [4.69, 9.17) is 0 Å². The van der Waals surface area contributed by atoms with Crippen LogP contribution in [-0.4, -0.2) is 40.8 Å². The molecule has 0 spiro atoms. The maximum atomic E-state index is 12.9. The van der Waals surface area contributed by atoms with Crippen LogP contribution in [0.15, 0.2) is 16.9 Å². The zero-order chi connectivity index (χ0) is 18.8. The summed E-state index contributed by atoms with van der Waals surface area (Å²) < 4.78 is 1.58. The predicted molar refractivity (Wildman–Crippen MR) is 101 cm³/mol. The van der Waals surface area contributed by atoms with Gasteiger partial charge in [-0.2, -0.15) is 0 Å². The van der Waals surface area contributed by atoms with Crippen LogP contribution in [0.4, 0.5) is 0 Å². The number of aliphatic hydroxyl groups excluding tert-OH is 1. The Morgan fingerprint density at radius 2 is 1.88 bits per heavy atom. The number of hydrogen-bond acceptors (Lipinski definition) is 4. The third-order valence-corrected chi connectivity index (χ3v) is 6.03. The second kappa shape index (κ2) is 7.92. The number of amides is 1. The van der Waals surface area contributed by atoms with Crippen LogP contribution in [0.2, 0.25) is 0 Å². The molecule has 3 rings (SSSR count). The van der Waals surface area contributed by atoms with Crippen molar-refractivity contribution in [3.63, 3.8) is 0 Å². The van der Waals surface area contributed by atoms with Crippen LogP contribution in [-0.2, 0) is 7.05 Å². The normalized spacial score (nSPS) is 25.0. The van der Waals surface area contributed by atoms with Gasteiger partial charge in [0.1, 0.15) is 5.56 Å². The molecule has 3 N–H and O–H groups in total. The van der Waals surface area contributed by atoms with Gasteiger partial charge in [0, 0.05) is 18.8 Å². The predicted octanol–water partition coefficient (Wildman–Crippen LogP) is 1.38. The van der Waals surface area contributed by atoms with Crippen molar-refractivity contribution >= 4 is 5.91 Å². The maximum absolute atomic E-state index is 12.9. The van der Waals surface area contributed by atoms with Gasteiger partial charge >= 0.3 is 0 Å². The summed E-state index contributed by atoms with van der Waals surface area (Å²) in [5.74, 6) is 0.641. The van der Waals surface area contributed by atoms with Gasteiger partial charge in [0.25, 0.3) is 11.5 Å². The summed E-state index contributed by atoms with van der Waals surface area (Å²) in [7, 11) is 1.72. The standard InChI is InChI=1S/C20H31N3O3/c1-12(2)17-5-4-16(20(26)23(17)3)19(25)22-18(14-10-15(24)11-14)13-6-8-21-9-7-13/h4-5,12-15,18,21,24H,6-11H2,1-3H3,(H,22,25)/t14?,15?,18-/m1/s1. The van der Waals surface area contributed by atoms with E-state index in [-0.39, 0.29) is 35.1 Å². The summed E-state index contributed by atoms with van der Waals surface area (Å²) in [4.78, 5) is 25.5. The first-order valence-electron chi connectivity index (χ1n) is 9.78. The van der Waals surface area contributed by atoms with Crippen molar-refractivity contribution in [3.05, 3.63) is 33.7 Å². The molecular formula is C20H31N3O3. The van der Waals surface area contributed by atoms with E-state index in [0.717, 1.165) is 44.5 Å². The first-order valence-corrected chi connectivity index (χ1v) is 9.78. The van der Waals surface area contributed by atoms with E-state index in [2.05, 4.69) is 10.6 Å². The molecule has 2 fully saturated rings.